The van der Waals surface area contributed by atoms with Crippen LogP contribution in [-0.2, 0) is 34.8 Å². The number of methoxy groups -OCH3 is 2. The predicted octanol–water partition coefficient (Wildman–Crippen LogP) is 6.95. The zero-order chi connectivity index (χ0) is 30.1. The van der Waals surface area contributed by atoms with Gasteiger partial charge in [0.25, 0.3) is 0 Å². The van der Waals surface area contributed by atoms with Crippen LogP contribution in [0.4, 0.5) is 0 Å². The summed E-state index contributed by atoms with van der Waals surface area (Å²) >= 11 is 0. The van der Waals surface area contributed by atoms with E-state index in [2.05, 4.69) is 40.4 Å². The van der Waals surface area contributed by atoms with Crippen LogP contribution in [0.1, 0.15) is 66.4 Å². The molecule has 1 heterocycles. The van der Waals surface area contributed by atoms with Gasteiger partial charge in [0.2, 0.25) is 0 Å². The molecular weight excluding hydrogens is 524 g/mol. The van der Waals surface area contributed by atoms with Crippen molar-refractivity contribution in [1.82, 2.24) is 0 Å². The normalized spacial score (nSPS) is 22.6. The molecule has 1 aliphatic rings. The largest absolute Gasteiger partial charge is 0.497 e. The second-order valence-corrected chi connectivity index (χ2v) is 18.1. The topological polar surface area (TPSA) is 72.5 Å². The van der Waals surface area contributed by atoms with E-state index in [4.69, 9.17) is 28.1 Å². The third-order valence-corrected chi connectivity index (χ3v) is 12.6. The second kappa shape index (κ2) is 15.0. The lowest BCUT2D eigenvalue weighted by Gasteiger charge is -2.40. The number of ether oxygens (including phenoxy) is 5. The van der Waals surface area contributed by atoms with Crippen molar-refractivity contribution in [3.63, 3.8) is 0 Å². The Morgan fingerprint density at radius 2 is 1.73 bits per heavy atom. The molecule has 1 fully saturated rings. The van der Waals surface area contributed by atoms with Crippen molar-refractivity contribution < 1.29 is 32.9 Å². The first-order valence-electron chi connectivity index (χ1n) is 14.5. The molecule has 0 N–H and O–H groups in total. The summed E-state index contributed by atoms with van der Waals surface area (Å²) in [5, 5.41) is 0.0981. The van der Waals surface area contributed by atoms with Crippen LogP contribution in [0.15, 0.2) is 36.9 Å². The van der Waals surface area contributed by atoms with E-state index in [9.17, 15) is 4.79 Å². The summed E-state index contributed by atoms with van der Waals surface area (Å²) in [6.45, 7) is 22.1. The average Bonchev–Trinajstić information content (AvgIpc) is 3.18. The Kier molecular flexibility index (Phi) is 12.9. The van der Waals surface area contributed by atoms with Gasteiger partial charge < -0.3 is 28.1 Å². The highest BCUT2D eigenvalue weighted by Crippen LogP contribution is 2.40. The molecule has 8 heteroatoms. The Labute approximate surface area is 244 Å². The molecular formula is C32H54O7Si. The zero-order valence-electron chi connectivity index (χ0n) is 26.6. The van der Waals surface area contributed by atoms with Crippen LogP contribution in [0.25, 0.3) is 0 Å². The summed E-state index contributed by atoms with van der Waals surface area (Å²) in [5.41, 5.74) is 0.517. The number of hydrogen-bond donors (Lipinski definition) is 0. The van der Waals surface area contributed by atoms with E-state index in [-0.39, 0.29) is 47.9 Å². The van der Waals surface area contributed by atoms with Crippen molar-refractivity contribution in [2.24, 2.45) is 11.3 Å². The van der Waals surface area contributed by atoms with Crippen LogP contribution in [0.2, 0.25) is 18.1 Å². The molecule has 2 rings (SSSR count). The second-order valence-electron chi connectivity index (χ2n) is 13.4. The summed E-state index contributed by atoms with van der Waals surface area (Å²) in [4.78, 5) is 12.4. The smallest absolute Gasteiger partial charge is 0.311 e. The SMILES string of the molecule is C=CC[C@@H](CC1O[C@@H](CCOC(=O)C(C)(C)C)[C@H](COCc2ccc(OC)cc2)[C@H]1OC)O[Si](C)(C)C(C)(C)C. The zero-order valence-corrected chi connectivity index (χ0v) is 27.6. The molecule has 5 atom stereocenters. The molecule has 0 aromatic heterocycles. The van der Waals surface area contributed by atoms with Gasteiger partial charge in [0.1, 0.15) is 5.75 Å². The van der Waals surface area contributed by atoms with E-state index in [1.54, 1.807) is 14.2 Å². The molecule has 0 spiro atoms. The van der Waals surface area contributed by atoms with E-state index in [0.29, 0.717) is 26.1 Å². The monoisotopic (exact) mass is 578 g/mol. The first-order chi connectivity index (χ1) is 18.6. The fraction of sp³-hybridized carbons (Fsp3) is 0.719. The Bertz CT molecular complexity index is 917. The van der Waals surface area contributed by atoms with Gasteiger partial charge in [0.05, 0.1) is 56.8 Å². The standard InChI is InChI=1S/C32H54O7Si/c1-12-13-25(39-40(10,11)32(5,6)7)20-28-29(35-9)26(22-36-21-23-14-16-24(34-8)17-15-23)27(38-28)18-19-37-30(33)31(2,3)4/h12,14-17,25-29H,1,13,18-22H2,2-11H3/t25-,26-,27-,28?,29+/m0/s1. The number of carbonyl (C=O) groups excluding carboxylic acids is 1. The van der Waals surface area contributed by atoms with Gasteiger partial charge in [-0.15, -0.1) is 6.58 Å². The fourth-order valence-electron chi connectivity index (χ4n) is 4.64. The van der Waals surface area contributed by atoms with Crippen LogP contribution in [-0.4, -0.2) is 66.1 Å². The van der Waals surface area contributed by atoms with Gasteiger partial charge in [-0.3, -0.25) is 4.79 Å². The molecule has 1 aromatic rings. The van der Waals surface area contributed by atoms with Gasteiger partial charge in [-0.1, -0.05) is 39.0 Å². The maximum absolute atomic E-state index is 12.4. The Morgan fingerprint density at radius 1 is 1.07 bits per heavy atom. The molecule has 0 amide bonds. The van der Waals surface area contributed by atoms with Crippen molar-refractivity contribution in [3.8, 4) is 5.75 Å². The number of carbonyl (C=O) groups is 1. The van der Waals surface area contributed by atoms with Gasteiger partial charge in [0.15, 0.2) is 8.32 Å². The summed E-state index contributed by atoms with van der Waals surface area (Å²) in [6, 6.07) is 7.87. The quantitative estimate of drug-likeness (QED) is 0.127. The summed E-state index contributed by atoms with van der Waals surface area (Å²) in [6.07, 6.45) is 3.42. The molecule has 1 aliphatic heterocycles. The molecule has 1 saturated heterocycles. The van der Waals surface area contributed by atoms with Gasteiger partial charge in [-0.2, -0.15) is 0 Å². The molecule has 228 valence electrons. The maximum atomic E-state index is 12.4. The minimum atomic E-state index is -2.00. The lowest BCUT2D eigenvalue weighted by molar-refractivity contribution is -0.154. The van der Waals surface area contributed by atoms with Crippen LogP contribution in [0, 0.1) is 11.3 Å². The van der Waals surface area contributed by atoms with E-state index >= 15 is 0 Å². The van der Waals surface area contributed by atoms with Crippen molar-refractivity contribution in [2.75, 3.05) is 27.4 Å². The number of esters is 1. The average molecular weight is 579 g/mol. The molecule has 1 unspecified atom stereocenters. The molecule has 0 aliphatic carbocycles. The third kappa shape index (κ3) is 9.98. The van der Waals surface area contributed by atoms with Crippen molar-refractivity contribution in [1.29, 1.82) is 0 Å². The summed E-state index contributed by atoms with van der Waals surface area (Å²) in [7, 11) is 1.39. The number of hydrogen-bond acceptors (Lipinski definition) is 7. The van der Waals surface area contributed by atoms with Crippen molar-refractivity contribution in [2.45, 2.75) is 110 Å². The first-order valence-corrected chi connectivity index (χ1v) is 17.4. The molecule has 1 aromatic carbocycles. The van der Waals surface area contributed by atoms with E-state index in [1.807, 2.05) is 51.1 Å². The van der Waals surface area contributed by atoms with Crippen molar-refractivity contribution >= 4 is 14.3 Å². The fourth-order valence-corrected chi connectivity index (χ4v) is 6.02. The highest BCUT2D eigenvalue weighted by Gasteiger charge is 2.47. The van der Waals surface area contributed by atoms with Gasteiger partial charge in [-0.25, -0.2) is 0 Å². The van der Waals surface area contributed by atoms with Crippen LogP contribution >= 0.6 is 0 Å². The lowest BCUT2D eigenvalue weighted by atomic mass is 9.92. The molecule has 0 saturated carbocycles. The minimum Gasteiger partial charge on any atom is -0.497 e. The van der Waals surface area contributed by atoms with Crippen LogP contribution in [0.3, 0.4) is 0 Å². The first kappa shape index (κ1) is 34.5. The maximum Gasteiger partial charge on any atom is 0.311 e. The molecule has 40 heavy (non-hydrogen) atoms. The number of rotatable bonds is 15. The Hall–Kier alpha value is -1.71. The predicted molar refractivity (Wildman–Crippen MR) is 162 cm³/mol. The summed E-state index contributed by atoms with van der Waals surface area (Å²) in [5.74, 6) is 0.583. The Morgan fingerprint density at radius 3 is 2.25 bits per heavy atom. The summed E-state index contributed by atoms with van der Waals surface area (Å²) < 4.78 is 36.6. The van der Waals surface area contributed by atoms with Crippen LogP contribution < -0.4 is 4.74 Å². The molecule has 0 bridgehead atoms. The Balaban J connectivity index is 2.16. The van der Waals surface area contributed by atoms with E-state index in [1.165, 1.54) is 0 Å². The highest BCUT2D eigenvalue weighted by atomic mass is 28.4. The molecule has 7 nitrogen and oxygen atoms in total. The van der Waals surface area contributed by atoms with Crippen molar-refractivity contribution in [3.05, 3.63) is 42.5 Å². The number of benzene rings is 1. The van der Waals surface area contributed by atoms with E-state index in [0.717, 1.165) is 17.7 Å². The third-order valence-electron chi connectivity index (χ3n) is 8.07. The minimum absolute atomic E-state index is 0.0145. The highest BCUT2D eigenvalue weighted by molar-refractivity contribution is 6.74. The van der Waals surface area contributed by atoms with Crippen LogP contribution in [0.5, 0.6) is 5.75 Å². The van der Waals surface area contributed by atoms with Gasteiger partial charge in [0, 0.05) is 25.9 Å². The van der Waals surface area contributed by atoms with Gasteiger partial charge >= 0.3 is 5.97 Å². The lowest BCUT2D eigenvalue weighted by Crippen LogP contribution is -2.45. The van der Waals surface area contributed by atoms with E-state index < -0.39 is 13.7 Å². The molecule has 0 radical (unpaired) electrons. The van der Waals surface area contributed by atoms with Gasteiger partial charge in [-0.05, 0) is 63.0 Å².